The maximum atomic E-state index is 12.5. The number of hydrogen-bond acceptors (Lipinski definition) is 7. The maximum absolute atomic E-state index is 12.5. The fraction of sp³-hybridized carbons (Fsp3) is 0.462. The number of benzene rings is 3. The summed E-state index contributed by atoms with van der Waals surface area (Å²) >= 11 is 0. The van der Waals surface area contributed by atoms with E-state index < -0.39 is 8.07 Å². The zero-order chi connectivity index (χ0) is 34.4. The van der Waals surface area contributed by atoms with Crippen LogP contribution in [0.2, 0.25) is 18.6 Å². The van der Waals surface area contributed by atoms with Gasteiger partial charge in [0.05, 0.1) is 51.7 Å². The molecule has 0 radical (unpaired) electrons. The molecule has 1 unspecified atom stereocenters. The number of carbonyl (C=O) groups excluding carboxylic acids is 1. The van der Waals surface area contributed by atoms with Crippen LogP contribution in [0.15, 0.2) is 85.1 Å². The molecule has 0 saturated carbocycles. The van der Waals surface area contributed by atoms with Gasteiger partial charge in [-0.3, -0.25) is 9.48 Å². The predicted octanol–water partition coefficient (Wildman–Crippen LogP) is 5.51. The minimum atomic E-state index is -2.00. The largest absolute Gasteiger partial charge is 0.497 e. The van der Waals surface area contributed by atoms with Gasteiger partial charge < -0.3 is 25.2 Å². The van der Waals surface area contributed by atoms with E-state index in [1.54, 1.807) is 7.11 Å². The van der Waals surface area contributed by atoms with Gasteiger partial charge in [0.15, 0.2) is 0 Å². The summed E-state index contributed by atoms with van der Waals surface area (Å²) in [5.41, 5.74) is 4.29. The molecule has 0 spiro atoms. The third kappa shape index (κ3) is 8.15. The van der Waals surface area contributed by atoms with E-state index in [1.807, 2.05) is 53.3 Å². The van der Waals surface area contributed by atoms with Crippen LogP contribution in [0.4, 0.5) is 5.69 Å². The summed E-state index contributed by atoms with van der Waals surface area (Å²) in [6, 6.07) is 26.8. The van der Waals surface area contributed by atoms with Crippen molar-refractivity contribution in [2.75, 3.05) is 25.6 Å². The topological polar surface area (TPSA) is 111 Å². The summed E-state index contributed by atoms with van der Waals surface area (Å²) in [6.07, 6.45) is 6.80. The minimum Gasteiger partial charge on any atom is -0.497 e. The van der Waals surface area contributed by atoms with Gasteiger partial charge in [0.2, 0.25) is 5.91 Å². The molecule has 2 aliphatic rings. The van der Waals surface area contributed by atoms with Crippen molar-refractivity contribution in [3.05, 3.63) is 102 Å². The molecule has 3 heterocycles. The number of rotatable bonds is 14. The van der Waals surface area contributed by atoms with Crippen molar-refractivity contribution >= 4 is 24.9 Å². The van der Waals surface area contributed by atoms with Gasteiger partial charge in [0.25, 0.3) is 0 Å². The summed E-state index contributed by atoms with van der Waals surface area (Å²) in [4.78, 5) is 12.5. The molecule has 3 N–H and O–H groups in total. The highest BCUT2D eigenvalue weighted by Crippen LogP contribution is 2.46. The van der Waals surface area contributed by atoms with E-state index in [0.29, 0.717) is 18.0 Å². The highest BCUT2D eigenvalue weighted by Gasteiger charge is 2.50. The Bertz CT molecular complexity index is 1640. The second-order valence-electron chi connectivity index (χ2n) is 14.3. The summed E-state index contributed by atoms with van der Waals surface area (Å²) in [5, 5.41) is 26.8. The molecule has 1 amide bonds. The molecule has 260 valence electrons. The van der Waals surface area contributed by atoms with E-state index in [9.17, 15) is 9.90 Å². The second kappa shape index (κ2) is 15.8. The molecule has 10 heteroatoms. The van der Waals surface area contributed by atoms with Crippen LogP contribution in [0.3, 0.4) is 0 Å². The minimum absolute atomic E-state index is 0.0212. The normalized spacial score (nSPS) is 23.0. The highest BCUT2D eigenvalue weighted by molar-refractivity contribution is 6.91. The average Bonchev–Trinajstić information content (AvgIpc) is 3.89. The van der Waals surface area contributed by atoms with Gasteiger partial charge in [-0.05, 0) is 85.5 Å². The smallest absolute Gasteiger partial charge is 0.241 e. The Kier molecular flexibility index (Phi) is 11.3. The van der Waals surface area contributed by atoms with Crippen LogP contribution >= 0.6 is 0 Å². The Hall–Kier alpha value is -3.83. The molecule has 3 aromatic carbocycles. The fourth-order valence-electron chi connectivity index (χ4n) is 8.01. The number of carbonyl (C=O) groups is 1. The number of hydrogen-bond donors (Lipinski definition) is 3. The Morgan fingerprint density at radius 2 is 1.82 bits per heavy atom. The molecule has 2 aliphatic heterocycles. The van der Waals surface area contributed by atoms with Crippen LogP contribution < -0.4 is 20.6 Å². The molecule has 9 nitrogen and oxygen atoms in total. The number of aliphatic hydroxyl groups excluding tert-OH is 1. The van der Waals surface area contributed by atoms with E-state index in [1.165, 1.54) is 10.8 Å². The standard InChI is InChI=1S/C39H51N5O4Si/c1-27-36(21-14-28-12-15-30(16-13-28)41-39(46)34-11-8-23-40-34)48-37(38(27)49(3,4)32-19-17-31(47-2)18-20-32)22-24-44-25-35(42-43-44)33(26-45)29-9-6-5-7-10-29/h5-7,9-10,12-13,15-20,25,27,33-34,36-38,40,45H,8,11,14,21-24,26H2,1-4H3,(H,41,46)/t27-,33?,34-,36+,37-,38+/m1/s1. The number of aryl methyl sites for hydroxylation is 2. The Morgan fingerprint density at radius 3 is 2.49 bits per heavy atom. The molecule has 6 atom stereocenters. The molecule has 1 aromatic heterocycles. The quantitative estimate of drug-likeness (QED) is 0.151. The zero-order valence-corrected chi connectivity index (χ0v) is 30.2. The van der Waals surface area contributed by atoms with E-state index in [0.717, 1.165) is 61.3 Å². The van der Waals surface area contributed by atoms with Crippen molar-refractivity contribution in [3.63, 3.8) is 0 Å². The summed E-state index contributed by atoms with van der Waals surface area (Å²) < 4.78 is 14.4. The number of nitrogens with zero attached hydrogens (tertiary/aromatic N) is 3. The van der Waals surface area contributed by atoms with Crippen molar-refractivity contribution in [1.29, 1.82) is 0 Å². The lowest BCUT2D eigenvalue weighted by molar-refractivity contribution is -0.117. The first-order valence-electron chi connectivity index (χ1n) is 17.8. The molecule has 2 saturated heterocycles. The first-order valence-corrected chi connectivity index (χ1v) is 20.8. The van der Waals surface area contributed by atoms with Crippen molar-refractivity contribution in [2.45, 2.75) is 88.4 Å². The zero-order valence-electron chi connectivity index (χ0n) is 29.2. The van der Waals surface area contributed by atoms with Crippen LogP contribution in [-0.4, -0.2) is 72.6 Å². The first-order chi connectivity index (χ1) is 23.8. The molecule has 0 aliphatic carbocycles. The molecule has 0 bridgehead atoms. The van der Waals surface area contributed by atoms with Crippen molar-refractivity contribution in [3.8, 4) is 5.75 Å². The van der Waals surface area contributed by atoms with Gasteiger partial charge in [0, 0.05) is 18.4 Å². The Labute approximate surface area is 291 Å². The molecule has 6 rings (SSSR count). The third-order valence-electron chi connectivity index (χ3n) is 10.8. The third-order valence-corrected chi connectivity index (χ3v) is 15.2. The van der Waals surface area contributed by atoms with Crippen molar-refractivity contribution in [2.24, 2.45) is 5.92 Å². The molecular weight excluding hydrogens is 631 g/mol. The van der Waals surface area contributed by atoms with Gasteiger partial charge in [-0.1, -0.05) is 85.0 Å². The Morgan fingerprint density at radius 1 is 1.06 bits per heavy atom. The summed E-state index contributed by atoms with van der Waals surface area (Å²) in [7, 11) is -0.289. The van der Waals surface area contributed by atoms with Crippen LogP contribution in [-0.2, 0) is 22.5 Å². The van der Waals surface area contributed by atoms with E-state index in [-0.39, 0.29) is 36.7 Å². The lowest BCUT2D eigenvalue weighted by Gasteiger charge is -2.36. The number of anilines is 1. The molecule has 49 heavy (non-hydrogen) atoms. The van der Waals surface area contributed by atoms with Crippen LogP contribution in [0, 0.1) is 5.92 Å². The van der Waals surface area contributed by atoms with Gasteiger partial charge in [-0.2, -0.15) is 0 Å². The number of aromatic nitrogens is 3. The van der Waals surface area contributed by atoms with Gasteiger partial charge >= 0.3 is 0 Å². The Balaban J connectivity index is 1.14. The summed E-state index contributed by atoms with van der Waals surface area (Å²) in [5.74, 6) is 1.10. The number of amides is 1. The van der Waals surface area contributed by atoms with E-state index in [4.69, 9.17) is 9.47 Å². The molecule has 2 fully saturated rings. The first kappa shape index (κ1) is 35.0. The van der Waals surface area contributed by atoms with E-state index in [2.05, 4.69) is 77.4 Å². The lowest BCUT2D eigenvalue weighted by atomic mass is 9.95. The summed E-state index contributed by atoms with van der Waals surface area (Å²) in [6.45, 7) is 8.90. The molecular formula is C39H51N5O4Si. The van der Waals surface area contributed by atoms with Gasteiger partial charge in [-0.25, -0.2) is 0 Å². The van der Waals surface area contributed by atoms with Gasteiger partial charge in [-0.15, -0.1) is 5.10 Å². The van der Waals surface area contributed by atoms with Crippen molar-refractivity contribution in [1.82, 2.24) is 20.3 Å². The van der Waals surface area contributed by atoms with Crippen LogP contribution in [0.1, 0.15) is 55.3 Å². The number of nitrogens with one attached hydrogen (secondary N) is 2. The van der Waals surface area contributed by atoms with Crippen LogP contribution in [0.5, 0.6) is 5.75 Å². The van der Waals surface area contributed by atoms with Crippen molar-refractivity contribution < 1.29 is 19.4 Å². The van der Waals surface area contributed by atoms with Gasteiger partial charge in [0.1, 0.15) is 5.75 Å². The maximum Gasteiger partial charge on any atom is 0.241 e. The highest BCUT2D eigenvalue weighted by atomic mass is 28.3. The number of methoxy groups -OCH3 is 1. The van der Waals surface area contributed by atoms with Crippen LogP contribution in [0.25, 0.3) is 0 Å². The monoisotopic (exact) mass is 681 g/mol. The SMILES string of the molecule is COc1ccc([Si](C)(C)[C@H]2[C@H](C)[C@H](CCc3ccc(NC(=O)[C@H]4CCCN4)cc3)O[C@@H]2CCn2cc(C(CO)c3ccccc3)nn2)cc1. The molecule has 4 aromatic rings. The predicted molar refractivity (Wildman–Crippen MR) is 196 cm³/mol. The fourth-order valence-corrected chi connectivity index (χ4v) is 12.1. The number of ether oxygens (including phenoxy) is 2. The second-order valence-corrected chi connectivity index (χ2v) is 19.0. The average molecular weight is 682 g/mol. The van der Waals surface area contributed by atoms with E-state index >= 15 is 0 Å². The number of aliphatic hydroxyl groups is 1. The lowest BCUT2D eigenvalue weighted by Crippen LogP contribution is -2.50.